The van der Waals surface area contributed by atoms with Gasteiger partial charge in [0.1, 0.15) is 5.58 Å². The second-order valence-electron chi connectivity index (χ2n) is 21.2. The van der Waals surface area contributed by atoms with E-state index in [1.165, 1.54) is 71.3 Å². The van der Waals surface area contributed by atoms with Crippen molar-refractivity contribution in [3.8, 4) is 0 Å². The summed E-state index contributed by atoms with van der Waals surface area (Å²) in [4.78, 5) is 2.34. The fraction of sp³-hybridized carbons (Fsp3) is 0.200. The van der Waals surface area contributed by atoms with Crippen LogP contribution in [-0.2, 0) is 16.2 Å². The Hall–Kier alpha value is -7.04. The van der Waals surface area contributed by atoms with E-state index in [2.05, 4.69) is 216 Å². The molecule has 0 radical (unpaired) electrons. The second kappa shape index (κ2) is 13.0. The Kier molecular flexibility index (Phi) is 7.85. The molecule has 4 heteroatoms. The third kappa shape index (κ3) is 5.54. The summed E-state index contributed by atoms with van der Waals surface area (Å²) in [5.74, 6) is 0. The van der Waals surface area contributed by atoms with E-state index in [1.54, 1.807) is 0 Å². The smallest absolute Gasteiger partial charge is 0.159 e. The van der Waals surface area contributed by atoms with Gasteiger partial charge in [0.25, 0.3) is 0 Å². The Bertz CT molecular complexity index is 3970. The first-order valence-electron chi connectivity index (χ1n) is 22.7. The van der Waals surface area contributed by atoms with Gasteiger partial charge in [-0.15, -0.1) is 0 Å². The van der Waals surface area contributed by atoms with Crippen molar-refractivity contribution >= 4 is 106 Å². The molecule has 0 bridgehead atoms. The third-order valence-corrected chi connectivity index (χ3v) is 14.0. The van der Waals surface area contributed by atoms with Gasteiger partial charge in [-0.2, -0.15) is 0 Å². The summed E-state index contributed by atoms with van der Waals surface area (Å²) in [5, 5.41) is 12.0. The molecule has 314 valence electrons. The average Bonchev–Trinajstić information content (AvgIpc) is 4.06. The number of aromatic nitrogens is 2. The van der Waals surface area contributed by atoms with E-state index < -0.39 is 0 Å². The number of rotatable bonds is 4. The van der Waals surface area contributed by atoms with E-state index >= 15 is 0 Å². The first-order chi connectivity index (χ1) is 30.5. The molecule has 0 N–H and O–H groups in total. The van der Waals surface area contributed by atoms with E-state index in [0.717, 1.165) is 55.1 Å². The summed E-state index contributed by atoms with van der Waals surface area (Å²) in [5.41, 5.74) is 14.9. The second-order valence-corrected chi connectivity index (χ2v) is 21.2. The predicted octanol–water partition coefficient (Wildman–Crippen LogP) is 15.2. The number of para-hydroxylation sites is 3. The molecule has 0 aliphatic heterocycles. The van der Waals surface area contributed by atoms with Crippen molar-refractivity contribution in [1.29, 1.82) is 0 Å². The molecule has 0 aliphatic rings. The first-order valence-corrected chi connectivity index (χ1v) is 22.7. The lowest BCUT2D eigenvalue weighted by molar-refractivity contribution is 0.590. The van der Waals surface area contributed by atoms with Crippen LogP contribution in [0, 0.1) is 0 Å². The summed E-state index contributed by atoms with van der Waals surface area (Å²) in [6.07, 6.45) is 2.41. The van der Waals surface area contributed by atoms with Gasteiger partial charge in [0.15, 0.2) is 5.58 Å². The highest BCUT2D eigenvalue weighted by molar-refractivity contribution is 6.18. The zero-order chi connectivity index (χ0) is 44.2. The zero-order valence-corrected chi connectivity index (χ0v) is 38.3. The van der Waals surface area contributed by atoms with Gasteiger partial charge in [-0.05, 0) is 118 Å². The molecule has 0 amide bonds. The van der Waals surface area contributed by atoms with Crippen LogP contribution < -0.4 is 15.5 Å². The lowest BCUT2D eigenvalue weighted by atomic mass is 9.84. The largest absolute Gasteiger partial charge is 0.454 e. The van der Waals surface area contributed by atoms with Crippen LogP contribution in [0.3, 0.4) is 0 Å². The molecule has 7 aromatic carbocycles. The van der Waals surface area contributed by atoms with Crippen LogP contribution in [0.2, 0.25) is 0 Å². The number of anilines is 3. The van der Waals surface area contributed by atoms with E-state index in [1.807, 2.05) is 6.07 Å². The molecule has 0 saturated carbocycles. The molecular formula is C60H53N3O. The van der Waals surface area contributed by atoms with Gasteiger partial charge in [-0.25, -0.2) is 0 Å². The molecule has 5 aromatic heterocycles. The van der Waals surface area contributed by atoms with Gasteiger partial charge >= 0.3 is 0 Å². The number of hydrogen-bond donors (Lipinski definition) is 0. The lowest BCUT2D eigenvalue weighted by Gasteiger charge is -2.25. The zero-order valence-electron chi connectivity index (χ0n) is 38.3. The minimum Gasteiger partial charge on any atom is -0.454 e. The van der Waals surface area contributed by atoms with Gasteiger partial charge in [-0.3, -0.25) is 0 Å². The Morgan fingerprint density at radius 1 is 0.484 bits per heavy atom. The maximum absolute atomic E-state index is 6.67. The van der Waals surface area contributed by atoms with Crippen LogP contribution in [-0.4, -0.2) is 8.80 Å². The van der Waals surface area contributed by atoms with Crippen molar-refractivity contribution in [3.63, 3.8) is 0 Å². The highest BCUT2D eigenvalue weighted by atomic mass is 16.3. The number of fused-ring (bicyclic) bond motifs is 9. The van der Waals surface area contributed by atoms with Crippen molar-refractivity contribution in [2.75, 3.05) is 4.90 Å². The highest BCUT2D eigenvalue weighted by Gasteiger charge is 2.26. The molecule has 12 aromatic rings. The van der Waals surface area contributed by atoms with E-state index in [-0.39, 0.29) is 16.2 Å². The van der Waals surface area contributed by atoms with Crippen LogP contribution >= 0.6 is 0 Å². The van der Waals surface area contributed by atoms with Crippen molar-refractivity contribution in [3.05, 3.63) is 172 Å². The number of benzene rings is 7. The fourth-order valence-electron chi connectivity index (χ4n) is 10.5. The van der Waals surface area contributed by atoms with Crippen molar-refractivity contribution in [2.24, 2.45) is 0 Å². The number of furan rings is 1. The van der Waals surface area contributed by atoms with E-state index in [0.29, 0.717) is 0 Å². The summed E-state index contributed by atoms with van der Waals surface area (Å²) >= 11 is 0. The molecule has 0 unspecified atom stereocenters. The minimum atomic E-state index is -0.0662. The quantitative estimate of drug-likeness (QED) is 0.177. The molecule has 0 atom stereocenters. The van der Waals surface area contributed by atoms with Crippen LogP contribution in [0.4, 0.5) is 17.1 Å². The van der Waals surface area contributed by atoms with Crippen LogP contribution in [0.25, 0.3) is 89.0 Å². The Morgan fingerprint density at radius 3 is 1.89 bits per heavy atom. The number of hydrogen-bond acceptors (Lipinski definition) is 2. The summed E-state index contributed by atoms with van der Waals surface area (Å²) in [7, 11) is 0. The van der Waals surface area contributed by atoms with Crippen molar-refractivity contribution in [2.45, 2.75) is 78.6 Å². The van der Waals surface area contributed by atoms with Gasteiger partial charge < -0.3 is 18.1 Å². The third-order valence-electron chi connectivity index (χ3n) is 14.0. The molecule has 5 heterocycles. The lowest BCUT2D eigenvalue weighted by Crippen LogP contribution is -2.24. The van der Waals surface area contributed by atoms with Crippen molar-refractivity contribution < 1.29 is 4.42 Å². The van der Waals surface area contributed by atoms with Crippen molar-refractivity contribution in [1.82, 2.24) is 8.80 Å². The monoisotopic (exact) mass is 831 g/mol. The molecule has 0 aliphatic carbocycles. The normalized spacial score (nSPS) is 13.5. The SMILES string of the molecule is C=c1/c(=C\c2cc3cc(C(C)(C)C)cc4c5cc(C(C)(C)C)ccc5n2c34)c2cc(C(C)(C)C)cc3c4ccc(N(c5ccccc5)c5cccc6c5oc5ccccc56)cc4n1c23. The van der Waals surface area contributed by atoms with Crippen LogP contribution in [0.1, 0.15) is 84.7 Å². The summed E-state index contributed by atoms with van der Waals surface area (Å²) in [6, 6.07) is 51.6. The molecule has 0 spiro atoms. The molecule has 12 rings (SSSR count). The molecule has 64 heavy (non-hydrogen) atoms. The maximum Gasteiger partial charge on any atom is 0.159 e. The van der Waals surface area contributed by atoms with Gasteiger partial charge in [0.05, 0.1) is 27.8 Å². The molecular weight excluding hydrogens is 779 g/mol. The van der Waals surface area contributed by atoms with Gasteiger partial charge in [-0.1, -0.05) is 130 Å². The van der Waals surface area contributed by atoms with Crippen LogP contribution in [0.5, 0.6) is 0 Å². The predicted molar refractivity (Wildman–Crippen MR) is 274 cm³/mol. The average molecular weight is 832 g/mol. The molecule has 0 fully saturated rings. The van der Waals surface area contributed by atoms with E-state index in [4.69, 9.17) is 11.0 Å². The van der Waals surface area contributed by atoms with E-state index in [9.17, 15) is 0 Å². The summed E-state index contributed by atoms with van der Waals surface area (Å²) in [6.45, 7) is 25.8. The Morgan fingerprint density at radius 2 is 1.14 bits per heavy atom. The number of nitrogens with zero attached hydrogens (tertiary/aromatic N) is 3. The topological polar surface area (TPSA) is 25.2 Å². The summed E-state index contributed by atoms with van der Waals surface area (Å²) < 4.78 is 11.6. The fourth-order valence-corrected chi connectivity index (χ4v) is 10.5. The van der Waals surface area contributed by atoms with Gasteiger partial charge in [0, 0.05) is 70.7 Å². The minimum absolute atomic E-state index is 0.00661. The van der Waals surface area contributed by atoms with Crippen LogP contribution in [0.15, 0.2) is 144 Å². The maximum atomic E-state index is 6.67. The highest BCUT2D eigenvalue weighted by Crippen LogP contribution is 2.45. The molecule has 0 saturated heterocycles. The molecule has 4 nitrogen and oxygen atoms in total. The van der Waals surface area contributed by atoms with Gasteiger partial charge in [0.2, 0.25) is 0 Å². The Labute approximate surface area is 373 Å². The Balaban J connectivity index is 1.15. The standard InChI is InChI=1S/C60H53N3O/c1-35-46(33-42-28-36-27-38(59(5,6)7)30-50-47-29-37(58(2,3)4)23-26-51(47)63(42)55(36)50)49-32-39(60(8,9)10)31-48-43-25-24-41(34-53(43)61(35)56(48)49)62(40-17-12-11-13-18-40)52-21-16-20-45-44-19-14-15-22-54(44)64-57(45)52/h11-34H,1H2,2-10H3/b46-33+. The first kappa shape index (κ1) is 38.6.